The molecule has 2 aliphatic rings. The van der Waals surface area contributed by atoms with Gasteiger partial charge in [-0.05, 0) is 18.6 Å². The number of anilines is 1. The minimum absolute atomic E-state index is 0.357. The Labute approximate surface area is 90.6 Å². The number of allylic oxidation sites excluding steroid dienone is 1. The van der Waals surface area contributed by atoms with Crippen LogP contribution in [-0.2, 0) is 5.41 Å². The molecular weight excluding hydrogens is 184 g/mol. The second-order valence-electron chi connectivity index (χ2n) is 4.77. The molecule has 0 bridgehead atoms. The molecule has 1 N–H and O–H groups in total. The summed E-state index contributed by atoms with van der Waals surface area (Å²) in [6.45, 7) is 9.39. The molecule has 1 spiro atoms. The van der Waals surface area contributed by atoms with E-state index in [0.717, 1.165) is 19.6 Å². The molecule has 0 unspecified atom stereocenters. The smallest absolute Gasteiger partial charge is 0.0495 e. The largest absolute Gasteiger partial charge is 0.384 e. The normalized spacial score (nSPS) is 20.7. The Bertz CT molecular complexity index is 416. The summed E-state index contributed by atoms with van der Waals surface area (Å²) in [5.41, 5.74) is 4.35. The molecule has 0 saturated carbocycles. The van der Waals surface area contributed by atoms with Gasteiger partial charge in [-0.15, -0.1) is 0 Å². The fourth-order valence-electron chi connectivity index (χ4n) is 2.70. The molecule has 2 nitrogen and oxygen atoms in total. The first-order chi connectivity index (χ1) is 7.21. The van der Waals surface area contributed by atoms with E-state index in [-0.39, 0.29) is 0 Å². The summed E-state index contributed by atoms with van der Waals surface area (Å²) in [7, 11) is 0. The lowest BCUT2D eigenvalue weighted by molar-refractivity contribution is 0.118. The molecule has 0 radical (unpaired) electrons. The van der Waals surface area contributed by atoms with E-state index in [0.29, 0.717) is 5.41 Å². The van der Waals surface area contributed by atoms with Crippen LogP contribution in [0.2, 0.25) is 0 Å². The van der Waals surface area contributed by atoms with Crippen molar-refractivity contribution < 1.29 is 0 Å². The Hall–Kier alpha value is -1.44. The van der Waals surface area contributed by atoms with Crippen LogP contribution in [0.5, 0.6) is 0 Å². The highest BCUT2D eigenvalue weighted by molar-refractivity contribution is 5.62. The molecule has 2 heteroatoms. The fraction of sp³-hybridized carbons (Fsp3) is 0.385. The van der Waals surface area contributed by atoms with Crippen LogP contribution in [-0.4, -0.2) is 24.5 Å². The van der Waals surface area contributed by atoms with Gasteiger partial charge in [0.05, 0.1) is 0 Å². The van der Waals surface area contributed by atoms with Crippen molar-refractivity contribution in [2.75, 3.05) is 25.0 Å². The molecule has 15 heavy (non-hydrogen) atoms. The van der Waals surface area contributed by atoms with Gasteiger partial charge in [0.2, 0.25) is 0 Å². The molecule has 1 aromatic rings. The van der Waals surface area contributed by atoms with E-state index < -0.39 is 0 Å². The molecule has 3 rings (SSSR count). The number of likely N-dealkylation sites (tertiary alicyclic amines) is 1. The van der Waals surface area contributed by atoms with Gasteiger partial charge < -0.3 is 10.2 Å². The van der Waals surface area contributed by atoms with Gasteiger partial charge in [0.25, 0.3) is 0 Å². The average molecular weight is 200 g/mol. The van der Waals surface area contributed by atoms with E-state index in [1.165, 1.54) is 16.9 Å². The minimum atomic E-state index is 0.357. The molecule has 0 atom stereocenters. The number of nitrogens with one attached hydrogen (secondary N) is 1. The number of hydrogen-bond donors (Lipinski definition) is 1. The third-order valence-corrected chi connectivity index (χ3v) is 3.64. The zero-order valence-corrected chi connectivity index (χ0v) is 9.09. The van der Waals surface area contributed by atoms with E-state index in [1.807, 2.05) is 0 Å². The van der Waals surface area contributed by atoms with Crippen LogP contribution in [0.15, 0.2) is 36.5 Å². The predicted molar refractivity (Wildman–Crippen MR) is 63.0 cm³/mol. The first kappa shape index (κ1) is 8.84. The van der Waals surface area contributed by atoms with Crippen molar-refractivity contribution >= 4 is 5.69 Å². The summed E-state index contributed by atoms with van der Waals surface area (Å²) in [6, 6.07) is 8.66. The number of nitrogens with zero attached hydrogens (tertiary/aromatic N) is 1. The van der Waals surface area contributed by atoms with Crippen LogP contribution in [0.4, 0.5) is 5.69 Å². The first-order valence-electron chi connectivity index (χ1n) is 5.45. The fourth-order valence-corrected chi connectivity index (χ4v) is 2.70. The van der Waals surface area contributed by atoms with Crippen LogP contribution < -0.4 is 5.32 Å². The molecule has 0 aromatic heterocycles. The van der Waals surface area contributed by atoms with Gasteiger partial charge in [0.1, 0.15) is 0 Å². The van der Waals surface area contributed by atoms with Crippen molar-refractivity contribution in [3.63, 3.8) is 0 Å². The van der Waals surface area contributed by atoms with Crippen LogP contribution in [0, 0.1) is 0 Å². The average Bonchev–Trinajstić information content (AvgIpc) is 2.54. The minimum Gasteiger partial charge on any atom is -0.384 e. The van der Waals surface area contributed by atoms with Crippen LogP contribution in [0.1, 0.15) is 12.5 Å². The topological polar surface area (TPSA) is 15.3 Å². The van der Waals surface area contributed by atoms with E-state index in [9.17, 15) is 0 Å². The summed E-state index contributed by atoms with van der Waals surface area (Å²) >= 11 is 0. The lowest BCUT2D eigenvalue weighted by Crippen LogP contribution is -2.59. The molecule has 1 aromatic carbocycles. The van der Waals surface area contributed by atoms with E-state index in [1.54, 1.807) is 0 Å². The van der Waals surface area contributed by atoms with Crippen molar-refractivity contribution in [3.05, 3.63) is 42.1 Å². The first-order valence-corrected chi connectivity index (χ1v) is 5.45. The summed E-state index contributed by atoms with van der Waals surface area (Å²) in [6.07, 6.45) is 0. The molecular formula is C13H16N2. The summed E-state index contributed by atoms with van der Waals surface area (Å²) in [5.74, 6) is 0. The maximum Gasteiger partial charge on any atom is 0.0495 e. The third-order valence-electron chi connectivity index (χ3n) is 3.64. The Balaban J connectivity index is 1.90. The van der Waals surface area contributed by atoms with Gasteiger partial charge in [-0.2, -0.15) is 0 Å². The number of para-hydroxylation sites is 1. The van der Waals surface area contributed by atoms with Gasteiger partial charge in [0.15, 0.2) is 0 Å². The van der Waals surface area contributed by atoms with Crippen LogP contribution in [0.3, 0.4) is 0 Å². The van der Waals surface area contributed by atoms with E-state index >= 15 is 0 Å². The van der Waals surface area contributed by atoms with Crippen LogP contribution >= 0.6 is 0 Å². The van der Waals surface area contributed by atoms with Gasteiger partial charge in [-0.3, -0.25) is 0 Å². The monoisotopic (exact) mass is 200 g/mol. The molecule has 0 amide bonds. The zero-order valence-electron chi connectivity index (χ0n) is 9.09. The van der Waals surface area contributed by atoms with Crippen molar-refractivity contribution in [1.82, 2.24) is 4.90 Å². The molecule has 0 aliphatic carbocycles. The third kappa shape index (κ3) is 1.11. The Morgan fingerprint density at radius 3 is 2.87 bits per heavy atom. The maximum atomic E-state index is 3.99. The molecule has 1 fully saturated rings. The van der Waals surface area contributed by atoms with Gasteiger partial charge >= 0.3 is 0 Å². The van der Waals surface area contributed by atoms with E-state index in [2.05, 4.69) is 48.0 Å². The highest BCUT2D eigenvalue weighted by atomic mass is 15.2. The molecule has 2 heterocycles. The SMILES string of the molecule is C=C(C)N1CC2(CNc3ccccc32)C1. The highest BCUT2D eigenvalue weighted by Crippen LogP contribution is 2.43. The second kappa shape index (κ2) is 2.78. The highest BCUT2D eigenvalue weighted by Gasteiger charge is 2.48. The Kier molecular flexibility index (Phi) is 1.64. The van der Waals surface area contributed by atoms with Gasteiger partial charge in [-0.1, -0.05) is 24.8 Å². The standard InChI is InChI=1S/C13H16N2/c1-10(2)15-8-13(9-15)7-14-12-6-4-3-5-11(12)13/h3-6,14H,1,7-9H2,2H3. The van der Waals surface area contributed by atoms with Crippen molar-refractivity contribution in [2.45, 2.75) is 12.3 Å². The van der Waals surface area contributed by atoms with Crippen molar-refractivity contribution in [2.24, 2.45) is 0 Å². The molecule has 78 valence electrons. The quantitative estimate of drug-likeness (QED) is 0.747. The Morgan fingerprint density at radius 1 is 1.40 bits per heavy atom. The van der Waals surface area contributed by atoms with Crippen LogP contribution in [0.25, 0.3) is 0 Å². The van der Waals surface area contributed by atoms with Gasteiger partial charge in [-0.25, -0.2) is 0 Å². The summed E-state index contributed by atoms with van der Waals surface area (Å²) in [5, 5.41) is 3.50. The lowest BCUT2D eigenvalue weighted by Gasteiger charge is -2.49. The molecule has 2 aliphatic heterocycles. The maximum absolute atomic E-state index is 3.99. The second-order valence-corrected chi connectivity index (χ2v) is 4.77. The number of benzene rings is 1. The Morgan fingerprint density at radius 2 is 2.13 bits per heavy atom. The molecule has 1 saturated heterocycles. The van der Waals surface area contributed by atoms with E-state index in [4.69, 9.17) is 0 Å². The number of hydrogen-bond acceptors (Lipinski definition) is 2. The van der Waals surface area contributed by atoms with Gasteiger partial charge in [0, 0.05) is 36.4 Å². The lowest BCUT2D eigenvalue weighted by atomic mass is 9.75. The van der Waals surface area contributed by atoms with Crippen molar-refractivity contribution in [1.29, 1.82) is 0 Å². The summed E-state index contributed by atoms with van der Waals surface area (Å²) in [4.78, 5) is 2.35. The number of fused-ring (bicyclic) bond motifs is 2. The predicted octanol–water partition coefficient (Wildman–Crippen LogP) is 2.20. The van der Waals surface area contributed by atoms with Crippen molar-refractivity contribution in [3.8, 4) is 0 Å². The zero-order chi connectivity index (χ0) is 10.5. The summed E-state index contributed by atoms with van der Waals surface area (Å²) < 4.78 is 0. The number of rotatable bonds is 1.